The second-order valence-electron chi connectivity index (χ2n) is 6.98. The molecule has 6 nitrogen and oxygen atoms in total. The van der Waals surface area contributed by atoms with Gasteiger partial charge in [-0.1, -0.05) is 44.2 Å². The van der Waals surface area contributed by atoms with Gasteiger partial charge in [0.2, 0.25) is 0 Å². The molecule has 1 heterocycles. The molecule has 2 amide bonds. The molecule has 0 bridgehead atoms. The molecular formula is C22H26N2O4. The number of para-hydroxylation sites is 2. The summed E-state index contributed by atoms with van der Waals surface area (Å²) in [5.41, 5.74) is 2.31. The minimum Gasteiger partial charge on any atom is -0.483 e. The van der Waals surface area contributed by atoms with Gasteiger partial charge in [0, 0.05) is 18.8 Å². The van der Waals surface area contributed by atoms with Crippen LogP contribution < -0.4 is 10.1 Å². The van der Waals surface area contributed by atoms with Crippen molar-refractivity contribution in [2.45, 2.75) is 19.8 Å². The van der Waals surface area contributed by atoms with Crippen molar-refractivity contribution in [1.29, 1.82) is 0 Å². The number of anilines is 1. The Bertz CT molecular complexity index is 829. The maximum Gasteiger partial charge on any atom is 0.262 e. The van der Waals surface area contributed by atoms with Crippen LogP contribution in [-0.4, -0.2) is 49.6 Å². The molecule has 2 aromatic rings. The van der Waals surface area contributed by atoms with E-state index in [9.17, 15) is 9.59 Å². The van der Waals surface area contributed by atoms with Gasteiger partial charge in [0.1, 0.15) is 5.75 Å². The molecule has 0 spiro atoms. The van der Waals surface area contributed by atoms with Crippen molar-refractivity contribution < 1.29 is 19.1 Å². The Labute approximate surface area is 165 Å². The first-order valence-electron chi connectivity index (χ1n) is 9.54. The zero-order valence-corrected chi connectivity index (χ0v) is 16.3. The van der Waals surface area contributed by atoms with E-state index in [-0.39, 0.29) is 18.4 Å². The van der Waals surface area contributed by atoms with Crippen molar-refractivity contribution in [1.82, 2.24) is 4.90 Å². The number of carbonyl (C=O) groups excluding carboxylic acids is 2. The molecule has 1 saturated heterocycles. The number of hydrogen-bond acceptors (Lipinski definition) is 4. The fourth-order valence-electron chi connectivity index (χ4n) is 3.15. The van der Waals surface area contributed by atoms with Crippen molar-refractivity contribution in [2.75, 3.05) is 38.2 Å². The summed E-state index contributed by atoms with van der Waals surface area (Å²) in [6.07, 6.45) is 0. The van der Waals surface area contributed by atoms with E-state index in [1.54, 1.807) is 29.2 Å². The van der Waals surface area contributed by atoms with Gasteiger partial charge in [-0.2, -0.15) is 0 Å². The molecule has 0 saturated carbocycles. The Hall–Kier alpha value is -2.86. The number of nitrogens with one attached hydrogen (secondary N) is 1. The van der Waals surface area contributed by atoms with Gasteiger partial charge < -0.3 is 19.7 Å². The highest BCUT2D eigenvalue weighted by Gasteiger charge is 2.22. The Kier molecular flexibility index (Phi) is 6.66. The Morgan fingerprint density at radius 2 is 1.75 bits per heavy atom. The summed E-state index contributed by atoms with van der Waals surface area (Å²) >= 11 is 0. The van der Waals surface area contributed by atoms with E-state index in [1.165, 1.54) is 0 Å². The maximum atomic E-state index is 12.8. The van der Waals surface area contributed by atoms with Gasteiger partial charge in [0.15, 0.2) is 6.61 Å². The lowest BCUT2D eigenvalue weighted by Crippen LogP contribution is -2.40. The lowest BCUT2D eigenvalue weighted by Gasteiger charge is -2.27. The monoisotopic (exact) mass is 382 g/mol. The van der Waals surface area contributed by atoms with E-state index in [2.05, 4.69) is 19.2 Å². The summed E-state index contributed by atoms with van der Waals surface area (Å²) in [5, 5.41) is 2.90. The van der Waals surface area contributed by atoms with E-state index < -0.39 is 0 Å². The SMILES string of the molecule is CC(C)c1ccccc1NC(=O)COc1ccccc1C(=O)N1CCOCC1. The number of ether oxygens (including phenoxy) is 2. The fourth-order valence-corrected chi connectivity index (χ4v) is 3.15. The molecule has 0 atom stereocenters. The van der Waals surface area contributed by atoms with Crippen LogP contribution >= 0.6 is 0 Å². The van der Waals surface area contributed by atoms with E-state index in [0.717, 1.165) is 11.3 Å². The van der Waals surface area contributed by atoms with E-state index in [0.29, 0.717) is 43.5 Å². The molecule has 0 unspecified atom stereocenters. The summed E-state index contributed by atoms with van der Waals surface area (Å²) in [7, 11) is 0. The number of morpholine rings is 1. The Morgan fingerprint density at radius 3 is 2.50 bits per heavy atom. The fraction of sp³-hybridized carbons (Fsp3) is 0.364. The summed E-state index contributed by atoms with van der Waals surface area (Å²) in [6, 6.07) is 14.7. The summed E-state index contributed by atoms with van der Waals surface area (Å²) in [6.45, 7) is 6.17. The second kappa shape index (κ2) is 9.37. The van der Waals surface area contributed by atoms with Crippen LogP contribution in [-0.2, 0) is 9.53 Å². The molecule has 0 radical (unpaired) electrons. The van der Waals surface area contributed by atoms with Gasteiger partial charge in [-0.25, -0.2) is 0 Å². The first-order valence-corrected chi connectivity index (χ1v) is 9.54. The molecule has 3 rings (SSSR count). The van der Waals surface area contributed by atoms with Gasteiger partial charge in [0.05, 0.1) is 18.8 Å². The van der Waals surface area contributed by atoms with Crippen molar-refractivity contribution in [3.05, 3.63) is 59.7 Å². The number of amides is 2. The average Bonchev–Trinajstić information content (AvgIpc) is 2.73. The van der Waals surface area contributed by atoms with Gasteiger partial charge in [-0.15, -0.1) is 0 Å². The Morgan fingerprint density at radius 1 is 1.07 bits per heavy atom. The number of rotatable bonds is 6. The molecule has 1 aliphatic rings. The average molecular weight is 382 g/mol. The molecule has 1 N–H and O–H groups in total. The molecule has 6 heteroatoms. The summed E-state index contributed by atoms with van der Waals surface area (Å²) in [5.74, 6) is 0.335. The number of nitrogens with zero attached hydrogens (tertiary/aromatic N) is 1. The van der Waals surface area contributed by atoms with Crippen molar-refractivity contribution in [2.24, 2.45) is 0 Å². The van der Waals surface area contributed by atoms with E-state index in [4.69, 9.17) is 9.47 Å². The highest BCUT2D eigenvalue weighted by atomic mass is 16.5. The zero-order chi connectivity index (χ0) is 19.9. The summed E-state index contributed by atoms with van der Waals surface area (Å²) < 4.78 is 11.0. The predicted molar refractivity (Wildman–Crippen MR) is 108 cm³/mol. The third-order valence-electron chi connectivity index (χ3n) is 4.63. The standard InChI is InChI=1S/C22H26N2O4/c1-16(2)17-7-3-5-9-19(17)23-21(25)15-28-20-10-6-4-8-18(20)22(26)24-11-13-27-14-12-24/h3-10,16H,11-15H2,1-2H3,(H,23,25). The molecular weight excluding hydrogens is 356 g/mol. The van der Waals surface area contributed by atoms with Crippen molar-refractivity contribution >= 4 is 17.5 Å². The van der Waals surface area contributed by atoms with Crippen LogP contribution in [0.15, 0.2) is 48.5 Å². The first kappa shape index (κ1) is 19.9. The lowest BCUT2D eigenvalue weighted by molar-refractivity contribution is -0.118. The maximum absolute atomic E-state index is 12.8. The number of carbonyl (C=O) groups is 2. The molecule has 0 aromatic heterocycles. The van der Waals surface area contributed by atoms with Crippen LogP contribution in [0.2, 0.25) is 0 Å². The van der Waals surface area contributed by atoms with Gasteiger partial charge in [-0.3, -0.25) is 9.59 Å². The van der Waals surface area contributed by atoms with Crippen LogP contribution in [0.4, 0.5) is 5.69 Å². The largest absolute Gasteiger partial charge is 0.483 e. The molecule has 1 fully saturated rings. The molecule has 2 aromatic carbocycles. The molecule has 0 aliphatic carbocycles. The van der Waals surface area contributed by atoms with Crippen molar-refractivity contribution in [3.63, 3.8) is 0 Å². The molecule has 148 valence electrons. The lowest BCUT2D eigenvalue weighted by atomic mass is 10.0. The van der Waals surface area contributed by atoms with E-state index in [1.807, 2.05) is 24.3 Å². The quantitative estimate of drug-likeness (QED) is 0.832. The van der Waals surface area contributed by atoms with Crippen LogP contribution in [0.3, 0.4) is 0 Å². The molecule has 28 heavy (non-hydrogen) atoms. The Balaban J connectivity index is 1.65. The van der Waals surface area contributed by atoms with Crippen LogP contribution in [0, 0.1) is 0 Å². The number of hydrogen-bond donors (Lipinski definition) is 1. The smallest absolute Gasteiger partial charge is 0.262 e. The van der Waals surface area contributed by atoms with Crippen LogP contribution in [0.25, 0.3) is 0 Å². The first-order chi connectivity index (χ1) is 13.6. The minimum atomic E-state index is -0.262. The van der Waals surface area contributed by atoms with Crippen LogP contribution in [0.1, 0.15) is 35.7 Å². The highest BCUT2D eigenvalue weighted by molar-refractivity contribution is 5.97. The second-order valence-corrected chi connectivity index (χ2v) is 6.98. The molecule has 1 aliphatic heterocycles. The summed E-state index contributed by atoms with van der Waals surface area (Å²) in [4.78, 5) is 26.9. The van der Waals surface area contributed by atoms with E-state index >= 15 is 0 Å². The van der Waals surface area contributed by atoms with Crippen molar-refractivity contribution in [3.8, 4) is 5.75 Å². The third-order valence-corrected chi connectivity index (χ3v) is 4.63. The van der Waals surface area contributed by atoms with Gasteiger partial charge >= 0.3 is 0 Å². The number of benzene rings is 2. The zero-order valence-electron chi connectivity index (χ0n) is 16.3. The van der Waals surface area contributed by atoms with Crippen LogP contribution in [0.5, 0.6) is 5.75 Å². The van der Waals surface area contributed by atoms with Gasteiger partial charge in [-0.05, 0) is 29.7 Å². The minimum absolute atomic E-state index is 0.107. The van der Waals surface area contributed by atoms with Gasteiger partial charge in [0.25, 0.3) is 11.8 Å². The topological polar surface area (TPSA) is 67.9 Å². The third kappa shape index (κ3) is 4.89. The highest BCUT2D eigenvalue weighted by Crippen LogP contribution is 2.24. The normalized spacial score (nSPS) is 14.0. The predicted octanol–water partition coefficient (Wildman–Crippen LogP) is 3.30.